The van der Waals surface area contributed by atoms with Crippen molar-refractivity contribution in [3.8, 4) is 16.9 Å². The predicted octanol–water partition coefficient (Wildman–Crippen LogP) is 4.02. The molecule has 3 heterocycles. The minimum absolute atomic E-state index is 0.388. The van der Waals surface area contributed by atoms with Crippen LogP contribution in [0.4, 0.5) is 0 Å². The predicted molar refractivity (Wildman–Crippen MR) is 92.0 cm³/mol. The maximum Gasteiger partial charge on any atom is 0.234 e. The molecule has 24 heavy (non-hydrogen) atoms. The summed E-state index contributed by atoms with van der Waals surface area (Å²) in [5.74, 6) is 1.43. The van der Waals surface area contributed by atoms with Crippen molar-refractivity contribution in [3.63, 3.8) is 0 Å². The molecule has 0 atom stereocenters. The van der Waals surface area contributed by atoms with E-state index < -0.39 is 0 Å². The van der Waals surface area contributed by atoms with Gasteiger partial charge in [-0.25, -0.2) is 9.97 Å². The zero-order valence-electron chi connectivity index (χ0n) is 12.6. The van der Waals surface area contributed by atoms with Crippen LogP contribution in [0.15, 0.2) is 67.4 Å². The quantitative estimate of drug-likeness (QED) is 0.564. The number of imidazole rings is 1. The van der Waals surface area contributed by atoms with Crippen molar-refractivity contribution in [2.75, 3.05) is 0 Å². The molecule has 1 aromatic carbocycles. The van der Waals surface area contributed by atoms with Crippen LogP contribution in [0.25, 0.3) is 16.9 Å². The number of fused-ring (bicyclic) bond motifs is 1. The van der Waals surface area contributed by atoms with Crippen LogP contribution >= 0.6 is 11.6 Å². The van der Waals surface area contributed by atoms with Crippen molar-refractivity contribution in [2.45, 2.75) is 6.61 Å². The topological polar surface area (TPSA) is 52.3 Å². The van der Waals surface area contributed by atoms with Crippen LogP contribution in [0.1, 0.15) is 5.69 Å². The van der Waals surface area contributed by atoms with E-state index in [1.807, 2.05) is 53.2 Å². The Morgan fingerprint density at radius 2 is 1.92 bits per heavy atom. The van der Waals surface area contributed by atoms with Crippen LogP contribution in [0.5, 0.6) is 5.75 Å². The zero-order chi connectivity index (χ0) is 16.4. The molecule has 4 rings (SSSR count). The first-order valence-corrected chi connectivity index (χ1v) is 7.79. The van der Waals surface area contributed by atoms with Crippen LogP contribution in [-0.4, -0.2) is 19.4 Å². The van der Waals surface area contributed by atoms with Crippen LogP contribution in [-0.2, 0) is 6.61 Å². The summed E-state index contributed by atoms with van der Waals surface area (Å²) in [5.41, 5.74) is 2.60. The van der Waals surface area contributed by atoms with E-state index in [0.717, 1.165) is 22.6 Å². The van der Waals surface area contributed by atoms with Crippen molar-refractivity contribution in [1.82, 2.24) is 19.4 Å². The molecule has 0 saturated carbocycles. The van der Waals surface area contributed by atoms with Gasteiger partial charge in [-0.1, -0.05) is 29.8 Å². The molecular formula is C18H13ClN4O. The van der Waals surface area contributed by atoms with Crippen molar-refractivity contribution in [1.29, 1.82) is 0 Å². The van der Waals surface area contributed by atoms with E-state index >= 15 is 0 Å². The second-order valence-corrected chi connectivity index (χ2v) is 5.65. The fourth-order valence-electron chi connectivity index (χ4n) is 2.43. The fraction of sp³-hybridized carbons (Fsp3) is 0.0556. The van der Waals surface area contributed by atoms with Crippen molar-refractivity contribution in [3.05, 3.63) is 78.1 Å². The van der Waals surface area contributed by atoms with Gasteiger partial charge in [0.2, 0.25) is 5.78 Å². The molecule has 0 radical (unpaired) electrons. The standard InChI is InChI=1S/C18H13ClN4O/c19-17-9-20-7-6-16(17)13-8-21-18-22-14(11-23(18)10-13)12-24-15-4-2-1-3-5-15/h1-11H,12H2. The number of ether oxygens (including phenoxy) is 1. The third kappa shape index (κ3) is 2.94. The number of benzene rings is 1. The molecule has 0 aliphatic carbocycles. The first-order chi connectivity index (χ1) is 11.8. The molecule has 0 spiro atoms. The molecule has 6 heteroatoms. The Hall–Kier alpha value is -2.92. The van der Waals surface area contributed by atoms with E-state index in [2.05, 4.69) is 15.0 Å². The smallest absolute Gasteiger partial charge is 0.234 e. The van der Waals surface area contributed by atoms with E-state index in [-0.39, 0.29) is 0 Å². The summed E-state index contributed by atoms with van der Waals surface area (Å²) >= 11 is 6.20. The summed E-state index contributed by atoms with van der Waals surface area (Å²) in [5, 5.41) is 0.589. The molecule has 5 nitrogen and oxygen atoms in total. The lowest BCUT2D eigenvalue weighted by molar-refractivity contribution is 0.302. The minimum atomic E-state index is 0.388. The molecule has 118 valence electrons. The highest BCUT2D eigenvalue weighted by Crippen LogP contribution is 2.26. The number of hydrogen-bond acceptors (Lipinski definition) is 4. The number of rotatable bonds is 4. The average molecular weight is 337 g/mol. The minimum Gasteiger partial charge on any atom is -0.487 e. The number of pyridine rings is 1. The highest BCUT2D eigenvalue weighted by Gasteiger charge is 2.08. The SMILES string of the molecule is Clc1cnccc1-c1cnc2nc(COc3ccccc3)cn2c1. The fourth-order valence-corrected chi connectivity index (χ4v) is 2.65. The van der Waals surface area contributed by atoms with Gasteiger partial charge >= 0.3 is 0 Å². The third-order valence-electron chi connectivity index (χ3n) is 3.57. The molecule has 0 amide bonds. The first-order valence-electron chi connectivity index (χ1n) is 7.41. The van der Waals surface area contributed by atoms with Crippen LogP contribution in [0.2, 0.25) is 5.02 Å². The van der Waals surface area contributed by atoms with Gasteiger partial charge in [-0.2, -0.15) is 0 Å². The van der Waals surface area contributed by atoms with Gasteiger partial charge in [0.25, 0.3) is 0 Å². The maximum absolute atomic E-state index is 6.20. The Morgan fingerprint density at radius 1 is 1.04 bits per heavy atom. The lowest BCUT2D eigenvalue weighted by atomic mass is 10.1. The van der Waals surface area contributed by atoms with Gasteiger partial charge in [-0.3, -0.25) is 9.38 Å². The molecule has 0 unspecified atom stereocenters. The molecule has 0 aliphatic rings. The molecule has 0 saturated heterocycles. The van der Waals surface area contributed by atoms with Gasteiger partial charge in [-0.05, 0) is 18.2 Å². The second-order valence-electron chi connectivity index (χ2n) is 5.24. The number of halogens is 1. The highest BCUT2D eigenvalue weighted by molar-refractivity contribution is 6.33. The largest absolute Gasteiger partial charge is 0.487 e. The second kappa shape index (κ2) is 6.29. The Morgan fingerprint density at radius 3 is 2.75 bits per heavy atom. The van der Waals surface area contributed by atoms with Gasteiger partial charge in [0, 0.05) is 42.1 Å². The number of hydrogen-bond donors (Lipinski definition) is 0. The van der Waals surface area contributed by atoms with Crippen LogP contribution in [0, 0.1) is 0 Å². The summed E-state index contributed by atoms with van der Waals surface area (Å²) in [6.45, 7) is 0.388. The lowest BCUT2D eigenvalue weighted by Crippen LogP contribution is -1.94. The summed E-state index contributed by atoms with van der Waals surface area (Å²) in [6, 6.07) is 11.5. The Labute approximate surface area is 143 Å². The number of nitrogens with zero attached hydrogens (tertiary/aromatic N) is 4. The molecule has 0 fully saturated rings. The lowest BCUT2D eigenvalue weighted by Gasteiger charge is -2.03. The Kier molecular flexibility index (Phi) is 3.84. The molecule has 3 aromatic heterocycles. The van der Waals surface area contributed by atoms with Gasteiger partial charge in [0.1, 0.15) is 12.4 Å². The number of para-hydroxylation sites is 1. The summed E-state index contributed by atoms with van der Waals surface area (Å²) < 4.78 is 7.59. The highest BCUT2D eigenvalue weighted by atomic mass is 35.5. The van der Waals surface area contributed by atoms with Gasteiger partial charge < -0.3 is 4.74 Å². The van der Waals surface area contributed by atoms with Crippen LogP contribution < -0.4 is 4.74 Å². The third-order valence-corrected chi connectivity index (χ3v) is 3.87. The Balaban J connectivity index is 1.61. The maximum atomic E-state index is 6.20. The average Bonchev–Trinajstić information content (AvgIpc) is 3.03. The van der Waals surface area contributed by atoms with E-state index in [9.17, 15) is 0 Å². The van der Waals surface area contributed by atoms with Crippen molar-refractivity contribution in [2.24, 2.45) is 0 Å². The molecular weight excluding hydrogens is 324 g/mol. The molecule has 0 bridgehead atoms. The summed E-state index contributed by atoms with van der Waals surface area (Å²) in [4.78, 5) is 12.9. The van der Waals surface area contributed by atoms with Gasteiger partial charge in [0.15, 0.2) is 0 Å². The first kappa shape index (κ1) is 14.7. The normalized spacial score (nSPS) is 10.9. The van der Waals surface area contributed by atoms with Gasteiger partial charge in [-0.15, -0.1) is 0 Å². The van der Waals surface area contributed by atoms with E-state index in [0.29, 0.717) is 17.4 Å². The van der Waals surface area contributed by atoms with Gasteiger partial charge in [0.05, 0.1) is 10.7 Å². The molecule has 0 aliphatic heterocycles. The molecule has 0 N–H and O–H groups in total. The van der Waals surface area contributed by atoms with E-state index in [1.165, 1.54) is 0 Å². The van der Waals surface area contributed by atoms with Crippen molar-refractivity contribution >= 4 is 17.4 Å². The summed E-state index contributed by atoms with van der Waals surface area (Å²) in [7, 11) is 0. The Bertz CT molecular complexity index is 985. The molecule has 4 aromatic rings. The van der Waals surface area contributed by atoms with E-state index in [4.69, 9.17) is 16.3 Å². The number of aromatic nitrogens is 4. The zero-order valence-corrected chi connectivity index (χ0v) is 13.4. The summed E-state index contributed by atoms with van der Waals surface area (Å²) in [6.07, 6.45) is 8.93. The van der Waals surface area contributed by atoms with Crippen molar-refractivity contribution < 1.29 is 4.74 Å². The van der Waals surface area contributed by atoms with Crippen LogP contribution in [0.3, 0.4) is 0 Å². The monoisotopic (exact) mass is 336 g/mol. The van der Waals surface area contributed by atoms with E-state index in [1.54, 1.807) is 18.6 Å².